The van der Waals surface area contributed by atoms with Crippen LogP contribution in [-0.4, -0.2) is 25.1 Å². The molecule has 0 aliphatic rings. The second-order valence-corrected chi connectivity index (χ2v) is 5.37. The van der Waals surface area contributed by atoms with E-state index in [1.165, 1.54) is 0 Å². The molecule has 3 rings (SSSR count). The number of fused-ring (bicyclic) bond motifs is 1. The number of carbonyl (C=O) groups excluding carboxylic acids is 1. The number of ether oxygens (including phenoxy) is 2. The second-order valence-electron chi connectivity index (χ2n) is 5.37. The van der Waals surface area contributed by atoms with E-state index in [0.717, 1.165) is 22.8 Å². The predicted molar refractivity (Wildman–Crippen MR) is 90.7 cm³/mol. The molecule has 0 unspecified atom stereocenters. The highest BCUT2D eigenvalue weighted by Crippen LogP contribution is 2.34. The highest BCUT2D eigenvalue weighted by molar-refractivity contribution is 6.02. The molecule has 24 heavy (non-hydrogen) atoms. The Balaban J connectivity index is 2.17. The van der Waals surface area contributed by atoms with Crippen LogP contribution in [0.15, 0.2) is 42.6 Å². The van der Waals surface area contributed by atoms with Gasteiger partial charge in [-0.25, -0.2) is 0 Å². The number of aromatic nitrogens is 1. The smallest absolute Gasteiger partial charge is 0.152 e. The minimum Gasteiger partial charge on any atom is -0.497 e. The summed E-state index contributed by atoms with van der Waals surface area (Å²) in [6.45, 7) is 0.538. The molecule has 5 heteroatoms. The average Bonchev–Trinajstić information content (AvgIpc) is 2.98. The molecule has 0 spiro atoms. The van der Waals surface area contributed by atoms with E-state index in [2.05, 4.69) is 6.07 Å². The molecule has 3 aromatic rings. The Labute approximate surface area is 139 Å². The summed E-state index contributed by atoms with van der Waals surface area (Å²) in [6, 6.07) is 13.2. The van der Waals surface area contributed by atoms with Crippen LogP contribution in [0.3, 0.4) is 0 Å². The molecule has 0 saturated carbocycles. The number of aldehydes is 1. The lowest BCUT2D eigenvalue weighted by atomic mass is 10.1. The number of nitriles is 1. The number of nitrogens with zero attached hydrogens (tertiary/aromatic N) is 2. The summed E-state index contributed by atoms with van der Waals surface area (Å²) >= 11 is 0. The molecule has 0 bridgehead atoms. The van der Waals surface area contributed by atoms with Crippen molar-refractivity contribution in [3.63, 3.8) is 0 Å². The summed E-state index contributed by atoms with van der Waals surface area (Å²) in [7, 11) is 3.15. The molecule has 0 amide bonds. The first-order chi connectivity index (χ1) is 11.7. The van der Waals surface area contributed by atoms with E-state index in [9.17, 15) is 4.79 Å². The molecule has 0 aliphatic carbocycles. The van der Waals surface area contributed by atoms with E-state index in [-0.39, 0.29) is 0 Å². The SMILES string of the molecule is COc1cc(OC)c2c(C=O)cn(Cc3cccc(C#N)c3)c2c1. The Morgan fingerprint density at radius 2 is 2.04 bits per heavy atom. The quantitative estimate of drug-likeness (QED) is 0.676. The molecule has 0 saturated heterocycles. The zero-order chi connectivity index (χ0) is 17.1. The third kappa shape index (κ3) is 2.70. The van der Waals surface area contributed by atoms with Gasteiger partial charge < -0.3 is 14.0 Å². The molecule has 0 radical (unpaired) electrons. The van der Waals surface area contributed by atoms with Gasteiger partial charge in [-0.05, 0) is 17.7 Å². The highest BCUT2D eigenvalue weighted by Gasteiger charge is 2.15. The number of benzene rings is 2. The van der Waals surface area contributed by atoms with Gasteiger partial charge >= 0.3 is 0 Å². The fourth-order valence-electron chi connectivity index (χ4n) is 2.83. The molecule has 0 atom stereocenters. The first kappa shape index (κ1) is 15.6. The van der Waals surface area contributed by atoms with Gasteiger partial charge in [-0.3, -0.25) is 4.79 Å². The van der Waals surface area contributed by atoms with Crippen molar-refractivity contribution in [1.82, 2.24) is 4.57 Å². The van der Waals surface area contributed by atoms with E-state index in [1.54, 1.807) is 32.5 Å². The van der Waals surface area contributed by atoms with Crippen molar-refractivity contribution in [2.75, 3.05) is 14.2 Å². The van der Waals surface area contributed by atoms with Crippen molar-refractivity contribution in [3.8, 4) is 17.6 Å². The zero-order valence-electron chi connectivity index (χ0n) is 13.4. The number of hydrogen-bond donors (Lipinski definition) is 0. The van der Waals surface area contributed by atoms with E-state index in [0.29, 0.717) is 29.2 Å². The number of methoxy groups -OCH3 is 2. The van der Waals surface area contributed by atoms with Gasteiger partial charge in [0.15, 0.2) is 6.29 Å². The molecule has 2 aromatic carbocycles. The van der Waals surface area contributed by atoms with Gasteiger partial charge in [0.05, 0.1) is 36.8 Å². The van der Waals surface area contributed by atoms with Crippen molar-refractivity contribution in [1.29, 1.82) is 5.26 Å². The van der Waals surface area contributed by atoms with Crippen LogP contribution in [0, 0.1) is 11.3 Å². The van der Waals surface area contributed by atoms with Gasteiger partial charge in [0.1, 0.15) is 11.5 Å². The topological polar surface area (TPSA) is 64.2 Å². The van der Waals surface area contributed by atoms with E-state index in [4.69, 9.17) is 14.7 Å². The lowest BCUT2D eigenvalue weighted by molar-refractivity contribution is 0.112. The Hall–Kier alpha value is -3.26. The standard InChI is InChI=1S/C19H16N2O3/c1-23-16-7-17-19(18(8-16)24-2)15(12-22)11-21(17)10-14-5-3-4-13(6-14)9-20/h3-8,11-12H,10H2,1-2H3. The lowest BCUT2D eigenvalue weighted by Gasteiger charge is -2.10. The normalized spacial score (nSPS) is 10.4. The molecule has 0 aliphatic heterocycles. The van der Waals surface area contributed by atoms with Crippen LogP contribution in [0.25, 0.3) is 10.9 Å². The van der Waals surface area contributed by atoms with Crippen molar-refractivity contribution in [2.24, 2.45) is 0 Å². The minimum absolute atomic E-state index is 0.538. The Kier molecular flexibility index (Phi) is 4.21. The fourth-order valence-corrected chi connectivity index (χ4v) is 2.83. The number of hydrogen-bond acceptors (Lipinski definition) is 4. The third-order valence-electron chi connectivity index (χ3n) is 3.94. The molecular formula is C19H16N2O3. The average molecular weight is 320 g/mol. The van der Waals surface area contributed by atoms with Crippen LogP contribution in [0.5, 0.6) is 11.5 Å². The van der Waals surface area contributed by atoms with E-state index in [1.807, 2.05) is 28.8 Å². The van der Waals surface area contributed by atoms with E-state index < -0.39 is 0 Å². The van der Waals surface area contributed by atoms with Crippen molar-refractivity contribution in [2.45, 2.75) is 6.54 Å². The van der Waals surface area contributed by atoms with Crippen LogP contribution < -0.4 is 9.47 Å². The number of rotatable bonds is 5. The zero-order valence-corrected chi connectivity index (χ0v) is 13.4. The summed E-state index contributed by atoms with van der Waals surface area (Å²) in [5.74, 6) is 1.25. The van der Waals surface area contributed by atoms with Crippen LogP contribution in [-0.2, 0) is 6.54 Å². The Morgan fingerprint density at radius 1 is 1.21 bits per heavy atom. The minimum atomic E-state index is 0.538. The summed E-state index contributed by atoms with van der Waals surface area (Å²) in [5, 5.41) is 9.80. The lowest BCUT2D eigenvalue weighted by Crippen LogP contribution is -1.99. The predicted octanol–water partition coefficient (Wildman–Crippen LogP) is 3.39. The van der Waals surface area contributed by atoms with Gasteiger partial charge in [0.2, 0.25) is 0 Å². The summed E-state index contributed by atoms with van der Waals surface area (Å²) < 4.78 is 12.7. The van der Waals surface area contributed by atoms with Crippen LogP contribution >= 0.6 is 0 Å². The Bertz CT molecular complexity index is 951. The first-order valence-corrected chi connectivity index (χ1v) is 7.39. The van der Waals surface area contributed by atoms with Crippen molar-refractivity contribution < 1.29 is 14.3 Å². The first-order valence-electron chi connectivity index (χ1n) is 7.39. The van der Waals surface area contributed by atoms with Gasteiger partial charge in [0, 0.05) is 30.4 Å². The molecule has 5 nitrogen and oxygen atoms in total. The molecule has 0 N–H and O–H groups in total. The summed E-state index contributed by atoms with van der Waals surface area (Å²) in [4.78, 5) is 11.5. The Morgan fingerprint density at radius 3 is 2.71 bits per heavy atom. The van der Waals surface area contributed by atoms with Gasteiger partial charge in [-0.2, -0.15) is 5.26 Å². The maximum atomic E-state index is 11.5. The van der Waals surface area contributed by atoms with Crippen LogP contribution in [0.4, 0.5) is 0 Å². The maximum Gasteiger partial charge on any atom is 0.152 e. The van der Waals surface area contributed by atoms with Gasteiger partial charge in [-0.15, -0.1) is 0 Å². The van der Waals surface area contributed by atoms with Gasteiger partial charge in [0.25, 0.3) is 0 Å². The van der Waals surface area contributed by atoms with E-state index >= 15 is 0 Å². The largest absolute Gasteiger partial charge is 0.497 e. The third-order valence-corrected chi connectivity index (χ3v) is 3.94. The van der Waals surface area contributed by atoms with Gasteiger partial charge in [-0.1, -0.05) is 12.1 Å². The maximum absolute atomic E-state index is 11.5. The van der Waals surface area contributed by atoms with Crippen LogP contribution in [0.2, 0.25) is 0 Å². The highest BCUT2D eigenvalue weighted by atomic mass is 16.5. The fraction of sp³-hybridized carbons (Fsp3) is 0.158. The molecule has 0 fully saturated rings. The molecule has 1 heterocycles. The van der Waals surface area contributed by atoms with Crippen molar-refractivity contribution in [3.05, 3.63) is 59.3 Å². The van der Waals surface area contributed by atoms with Crippen molar-refractivity contribution >= 4 is 17.2 Å². The molecular weight excluding hydrogens is 304 g/mol. The second kappa shape index (κ2) is 6.47. The monoisotopic (exact) mass is 320 g/mol. The summed E-state index contributed by atoms with van der Waals surface area (Å²) in [6.07, 6.45) is 2.61. The molecule has 120 valence electrons. The summed E-state index contributed by atoms with van der Waals surface area (Å²) in [5.41, 5.74) is 2.98. The molecule has 1 aromatic heterocycles. The number of carbonyl (C=O) groups is 1. The van der Waals surface area contributed by atoms with Crippen LogP contribution in [0.1, 0.15) is 21.5 Å².